The Morgan fingerprint density at radius 3 is 2.72 bits per heavy atom. The number of ether oxygens (including phenoxy) is 1. The molecule has 0 saturated carbocycles. The van der Waals surface area contributed by atoms with Crippen molar-refractivity contribution in [3.63, 3.8) is 0 Å². The Balaban J connectivity index is 1.69. The van der Waals surface area contributed by atoms with Crippen LogP contribution in [-0.2, 0) is 24.2 Å². The van der Waals surface area contributed by atoms with Crippen molar-refractivity contribution in [2.24, 2.45) is 0 Å². The van der Waals surface area contributed by atoms with Gasteiger partial charge in [-0.1, -0.05) is 30.3 Å². The highest BCUT2D eigenvalue weighted by Crippen LogP contribution is 2.35. The largest absolute Gasteiger partial charge is 0.496 e. The van der Waals surface area contributed by atoms with Crippen LogP contribution in [0, 0.1) is 6.92 Å². The molecular weight excluding hydrogens is 312 g/mol. The number of amides is 1. The summed E-state index contributed by atoms with van der Waals surface area (Å²) >= 11 is 0. The molecule has 0 saturated heterocycles. The molecule has 4 rings (SSSR count). The maximum absolute atomic E-state index is 12.9. The molecule has 0 bridgehead atoms. The van der Waals surface area contributed by atoms with E-state index in [4.69, 9.17) is 4.74 Å². The first-order chi connectivity index (χ1) is 12.2. The third-order valence-corrected chi connectivity index (χ3v) is 5.10. The Morgan fingerprint density at radius 2 is 1.96 bits per heavy atom. The van der Waals surface area contributed by atoms with E-state index >= 15 is 0 Å². The number of nitrogens with one attached hydrogen (secondary N) is 1. The number of nitrogens with zero attached hydrogens (tertiary/aromatic N) is 1. The van der Waals surface area contributed by atoms with Gasteiger partial charge in [-0.05, 0) is 36.6 Å². The number of benzene rings is 2. The van der Waals surface area contributed by atoms with Gasteiger partial charge in [0.05, 0.1) is 13.5 Å². The van der Waals surface area contributed by atoms with Crippen LogP contribution >= 0.6 is 0 Å². The first kappa shape index (κ1) is 15.8. The van der Waals surface area contributed by atoms with Gasteiger partial charge in [0.25, 0.3) is 0 Å². The van der Waals surface area contributed by atoms with E-state index in [0.29, 0.717) is 13.0 Å². The zero-order valence-corrected chi connectivity index (χ0v) is 14.6. The quantitative estimate of drug-likeness (QED) is 0.795. The number of rotatable bonds is 3. The molecule has 1 N–H and O–H groups in total. The number of methoxy groups -OCH3 is 1. The number of aromatic amines is 1. The Kier molecular flexibility index (Phi) is 3.96. The fourth-order valence-electron chi connectivity index (χ4n) is 3.82. The molecule has 1 aliphatic rings. The average molecular weight is 334 g/mol. The first-order valence-electron chi connectivity index (χ1n) is 8.66. The third-order valence-electron chi connectivity index (χ3n) is 5.10. The molecule has 4 nitrogen and oxygen atoms in total. The number of hydrogen-bond donors (Lipinski definition) is 1. The molecule has 0 fully saturated rings. The van der Waals surface area contributed by atoms with E-state index in [-0.39, 0.29) is 5.91 Å². The van der Waals surface area contributed by atoms with Crippen LogP contribution in [0.15, 0.2) is 42.5 Å². The van der Waals surface area contributed by atoms with Gasteiger partial charge in [0.1, 0.15) is 5.75 Å². The van der Waals surface area contributed by atoms with Crippen LogP contribution in [0.1, 0.15) is 22.4 Å². The van der Waals surface area contributed by atoms with Gasteiger partial charge in [0.15, 0.2) is 0 Å². The highest BCUT2D eigenvalue weighted by molar-refractivity contribution is 5.91. The lowest BCUT2D eigenvalue weighted by Gasteiger charge is -2.22. The summed E-state index contributed by atoms with van der Waals surface area (Å²) in [6, 6.07) is 14.0. The van der Waals surface area contributed by atoms with Crippen LogP contribution in [0.3, 0.4) is 0 Å². The van der Waals surface area contributed by atoms with Crippen molar-refractivity contribution in [1.29, 1.82) is 0 Å². The number of aromatic nitrogens is 1. The van der Waals surface area contributed by atoms with Gasteiger partial charge >= 0.3 is 0 Å². The van der Waals surface area contributed by atoms with Gasteiger partial charge in [0, 0.05) is 35.2 Å². The van der Waals surface area contributed by atoms with Gasteiger partial charge in [-0.15, -0.1) is 0 Å². The van der Waals surface area contributed by atoms with Gasteiger partial charge in [-0.25, -0.2) is 0 Å². The van der Waals surface area contributed by atoms with E-state index in [1.165, 1.54) is 16.6 Å². The highest BCUT2D eigenvalue weighted by atomic mass is 16.5. The molecule has 0 radical (unpaired) electrons. The fraction of sp³-hybridized carbons (Fsp3) is 0.286. The standard InChI is InChI=1S/C21H22N2O2/c1-14-16-10-11-23(20(24)12-15-6-4-3-5-7-15)13-17-19(25-2)9-8-18(22-14)21(16)17/h3-9,22H,10-13H2,1-2H3. The molecule has 4 heteroatoms. The summed E-state index contributed by atoms with van der Waals surface area (Å²) in [5.74, 6) is 1.02. The lowest BCUT2D eigenvalue weighted by atomic mass is 10.0. The van der Waals surface area contributed by atoms with E-state index in [0.717, 1.165) is 35.4 Å². The van der Waals surface area contributed by atoms with Gasteiger partial charge in [-0.3, -0.25) is 4.79 Å². The Morgan fingerprint density at radius 1 is 1.16 bits per heavy atom. The molecule has 128 valence electrons. The summed E-state index contributed by atoms with van der Waals surface area (Å²) in [6.45, 7) is 3.43. The van der Waals surface area contributed by atoms with Crippen LogP contribution in [0.5, 0.6) is 5.75 Å². The lowest BCUT2D eigenvalue weighted by Crippen LogP contribution is -2.32. The minimum absolute atomic E-state index is 0.164. The molecule has 2 heterocycles. The van der Waals surface area contributed by atoms with E-state index in [9.17, 15) is 4.79 Å². The zero-order valence-electron chi connectivity index (χ0n) is 14.6. The number of aryl methyl sites for hydroxylation is 1. The first-order valence-corrected chi connectivity index (χ1v) is 8.66. The fourth-order valence-corrected chi connectivity index (χ4v) is 3.82. The number of hydrogen-bond acceptors (Lipinski definition) is 2. The van der Waals surface area contributed by atoms with Crippen molar-refractivity contribution in [3.8, 4) is 5.75 Å². The second-order valence-corrected chi connectivity index (χ2v) is 6.63. The number of carbonyl (C=O) groups is 1. The zero-order chi connectivity index (χ0) is 17.4. The minimum Gasteiger partial charge on any atom is -0.496 e. The molecular formula is C21H22N2O2. The highest BCUT2D eigenvalue weighted by Gasteiger charge is 2.25. The molecule has 0 aliphatic carbocycles. The van der Waals surface area contributed by atoms with Crippen molar-refractivity contribution < 1.29 is 9.53 Å². The lowest BCUT2D eigenvalue weighted by molar-refractivity contribution is -0.131. The van der Waals surface area contributed by atoms with Gasteiger partial charge in [0.2, 0.25) is 5.91 Å². The Hall–Kier alpha value is -2.75. The molecule has 2 aromatic carbocycles. The SMILES string of the molecule is COc1ccc2[nH]c(C)c3c2c1CN(C(=O)Cc1ccccc1)CC3. The van der Waals surface area contributed by atoms with Crippen molar-refractivity contribution >= 4 is 16.8 Å². The monoisotopic (exact) mass is 334 g/mol. The van der Waals surface area contributed by atoms with Crippen LogP contribution in [-0.4, -0.2) is 29.4 Å². The van der Waals surface area contributed by atoms with Crippen LogP contribution in [0.25, 0.3) is 10.9 Å². The second-order valence-electron chi connectivity index (χ2n) is 6.63. The molecule has 3 aromatic rings. The van der Waals surface area contributed by atoms with E-state index in [1.54, 1.807) is 7.11 Å². The smallest absolute Gasteiger partial charge is 0.227 e. The second kappa shape index (κ2) is 6.28. The van der Waals surface area contributed by atoms with Crippen molar-refractivity contribution in [2.45, 2.75) is 26.3 Å². The maximum atomic E-state index is 12.9. The van der Waals surface area contributed by atoms with Gasteiger partial charge < -0.3 is 14.6 Å². The summed E-state index contributed by atoms with van der Waals surface area (Å²) in [5.41, 5.74) is 5.78. The Bertz CT molecular complexity index is 928. The summed E-state index contributed by atoms with van der Waals surface area (Å²) in [4.78, 5) is 18.3. The molecule has 1 aliphatic heterocycles. The van der Waals surface area contributed by atoms with E-state index in [2.05, 4.69) is 18.0 Å². The average Bonchev–Trinajstić information content (AvgIpc) is 2.81. The molecule has 0 unspecified atom stereocenters. The van der Waals surface area contributed by atoms with Crippen LogP contribution in [0.2, 0.25) is 0 Å². The van der Waals surface area contributed by atoms with Crippen molar-refractivity contribution in [3.05, 3.63) is 64.8 Å². The molecule has 25 heavy (non-hydrogen) atoms. The van der Waals surface area contributed by atoms with Crippen LogP contribution < -0.4 is 4.74 Å². The van der Waals surface area contributed by atoms with Crippen molar-refractivity contribution in [1.82, 2.24) is 9.88 Å². The van der Waals surface area contributed by atoms with E-state index < -0.39 is 0 Å². The normalized spacial score (nSPS) is 13.8. The molecule has 0 spiro atoms. The number of carbonyl (C=O) groups excluding carboxylic acids is 1. The van der Waals surface area contributed by atoms with Gasteiger partial charge in [-0.2, -0.15) is 0 Å². The summed E-state index contributed by atoms with van der Waals surface area (Å²) in [5, 5.41) is 1.23. The predicted molar refractivity (Wildman–Crippen MR) is 98.9 cm³/mol. The Labute approximate surface area is 147 Å². The topological polar surface area (TPSA) is 45.3 Å². The van der Waals surface area contributed by atoms with E-state index in [1.807, 2.05) is 41.3 Å². The third kappa shape index (κ3) is 2.78. The maximum Gasteiger partial charge on any atom is 0.227 e. The van der Waals surface area contributed by atoms with Crippen molar-refractivity contribution in [2.75, 3.05) is 13.7 Å². The summed E-state index contributed by atoms with van der Waals surface area (Å²) in [7, 11) is 1.69. The van der Waals surface area contributed by atoms with Crippen LogP contribution in [0.4, 0.5) is 0 Å². The number of H-pyrrole nitrogens is 1. The molecule has 1 amide bonds. The summed E-state index contributed by atoms with van der Waals surface area (Å²) in [6.07, 6.45) is 1.31. The predicted octanol–water partition coefficient (Wildman–Crippen LogP) is 3.61. The molecule has 0 atom stereocenters. The summed E-state index contributed by atoms with van der Waals surface area (Å²) < 4.78 is 5.59. The minimum atomic E-state index is 0.164. The molecule has 1 aromatic heterocycles.